The molecule has 1 aromatic rings. The highest BCUT2D eigenvalue weighted by molar-refractivity contribution is 5.97. The first-order valence-electron chi connectivity index (χ1n) is 5.33. The lowest BCUT2D eigenvalue weighted by Crippen LogP contribution is -2.25. The Morgan fingerprint density at radius 2 is 2.62 bits per heavy atom. The second-order valence-electron chi connectivity index (χ2n) is 3.94. The first kappa shape index (κ1) is 10.9. The molecular weight excluding hydrogens is 208 g/mol. The molecule has 0 bridgehead atoms. The number of carbonyl (C=O) groups excluding carboxylic acids is 1. The van der Waals surface area contributed by atoms with Gasteiger partial charge in [0.2, 0.25) is 0 Å². The Morgan fingerprint density at radius 1 is 1.81 bits per heavy atom. The van der Waals surface area contributed by atoms with Gasteiger partial charge in [0.1, 0.15) is 5.69 Å². The Kier molecular flexibility index (Phi) is 3.09. The van der Waals surface area contributed by atoms with Crippen LogP contribution in [0, 0.1) is 5.92 Å². The van der Waals surface area contributed by atoms with Gasteiger partial charge in [0.05, 0.1) is 18.5 Å². The summed E-state index contributed by atoms with van der Waals surface area (Å²) in [4.78, 5) is 11.6. The maximum Gasteiger partial charge on any atom is 0.271 e. The van der Waals surface area contributed by atoms with Crippen LogP contribution in [-0.4, -0.2) is 35.9 Å². The predicted molar refractivity (Wildman–Crippen MR) is 59.0 cm³/mol. The lowest BCUT2D eigenvalue weighted by molar-refractivity contribution is 0.0951. The number of anilines is 1. The van der Waals surface area contributed by atoms with Crippen LogP contribution in [0.1, 0.15) is 16.9 Å². The zero-order chi connectivity index (χ0) is 11.5. The molecule has 1 saturated heterocycles. The van der Waals surface area contributed by atoms with Gasteiger partial charge in [-0.1, -0.05) is 0 Å². The third kappa shape index (κ3) is 2.01. The van der Waals surface area contributed by atoms with Crippen molar-refractivity contribution < 1.29 is 9.53 Å². The molecule has 0 spiro atoms. The summed E-state index contributed by atoms with van der Waals surface area (Å²) in [7, 11) is 1.58. The van der Waals surface area contributed by atoms with E-state index in [1.165, 1.54) is 6.20 Å². The molecule has 1 atom stereocenters. The molecule has 2 heterocycles. The molecule has 0 radical (unpaired) electrons. The minimum absolute atomic E-state index is 0.200. The molecule has 3 N–H and O–H groups in total. The van der Waals surface area contributed by atoms with Gasteiger partial charge in [-0.2, -0.15) is 5.10 Å². The van der Waals surface area contributed by atoms with Gasteiger partial charge in [-0.05, 0) is 6.42 Å². The number of nitrogens with zero attached hydrogens (tertiary/aromatic N) is 2. The van der Waals surface area contributed by atoms with Gasteiger partial charge in [-0.3, -0.25) is 9.48 Å². The van der Waals surface area contributed by atoms with Crippen molar-refractivity contribution in [2.45, 2.75) is 13.0 Å². The third-order valence-corrected chi connectivity index (χ3v) is 2.77. The second kappa shape index (κ2) is 4.52. The van der Waals surface area contributed by atoms with Crippen molar-refractivity contribution in [3.05, 3.63) is 11.9 Å². The van der Waals surface area contributed by atoms with E-state index in [0.29, 0.717) is 23.8 Å². The molecule has 16 heavy (non-hydrogen) atoms. The highest BCUT2D eigenvalue weighted by atomic mass is 16.5. The predicted octanol–water partition coefficient (Wildman–Crippen LogP) is -0.139. The third-order valence-electron chi connectivity index (χ3n) is 2.77. The highest BCUT2D eigenvalue weighted by Gasteiger charge is 2.21. The van der Waals surface area contributed by atoms with Gasteiger partial charge in [0.15, 0.2) is 0 Å². The summed E-state index contributed by atoms with van der Waals surface area (Å²) in [5.74, 6) is 0.219. The van der Waals surface area contributed by atoms with Crippen molar-refractivity contribution in [3.63, 3.8) is 0 Å². The second-order valence-corrected chi connectivity index (χ2v) is 3.94. The van der Waals surface area contributed by atoms with Crippen molar-refractivity contribution >= 4 is 11.6 Å². The van der Waals surface area contributed by atoms with E-state index in [2.05, 4.69) is 10.4 Å². The van der Waals surface area contributed by atoms with Crippen LogP contribution < -0.4 is 11.1 Å². The number of hydrogen-bond donors (Lipinski definition) is 2. The fourth-order valence-corrected chi connectivity index (χ4v) is 1.88. The Morgan fingerprint density at radius 3 is 3.25 bits per heavy atom. The van der Waals surface area contributed by atoms with E-state index < -0.39 is 0 Å². The molecule has 1 unspecified atom stereocenters. The molecule has 1 aliphatic heterocycles. The van der Waals surface area contributed by atoms with Crippen molar-refractivity contribution in [2.24, 2.45) is 5.92 Å². The number of rotatable bonds is 3. The van der Waals surface area contributed by atoms with Crippen LogP contribution in [0.25, 0.3) is 0 Å². The zero-order valence-electron chi connectivity index (χ0n) is 9.27. The number of aromatic nitrogens is 2. The summed E-state index contributed by atoms with van der Waals surface area (Å²) < 4.78 is 6.95. The van der Waals surface area contributed by atoms with E-state index in [4.69, 9.17) is 10.5 Å². The average molecular weight is 224 g/mol. The van der Waals surface area contributed by atoms with Crippen LogP contribution in [0.4, 0.5) is 5.69 Å². The summed E-state index contributed by atoms with van der Waals surface area (Å²) in [6.07, 6.45) is 2.52. The van der Waals surface area contributed by atoms with Gasteiger partial charge >= 0.3 is 0 Å². The maximum absolute atomic E-state index is 11.6. The summed E-state index contributed by atoms with van der Waals surface area (Å²) >= 11 is 0. The maximum atomic E-state index is 11.6. The molecule has 6 heteroatoms. The smallest absolute Gasteiger partial charge is 0.271 e. The van der Waals surface area contributed by atoms with Crippen molar-refractivity contribution in [1.82, 2.24) is 15.1 Å². The van der Waals surface area contributed by atoms with Crippen LogP contribution >= 0.6 is 0 Å². The lowest BCUT2D eigenvalue weighted by Gasteiger charge is -2.10. The van der Waals surface area contributed by atoms with Crippen molar-refractivity contribution in [3.8, 4) is 0 Å². The quantitative estimate of drug-likeness (QED) is 0.748. The number of nitrogens with one attached hydrogen (secondary N) is 1. The van der Waals surface area contributed by atoms with Crippen LogP contribution in [-0.2, 0) is 11.3 Å². The van der Waals surface area contributed by atoms with Crippen molar-refractivity contribution in [1.29, 1.82) is 0 Å². The summed E-state index contributed by atoms with van der Waals surface area (Å²) in [5.41, 5.74) is 6.57. The minimum atomic E-state index is -0.200. The molecule has 88 valence electrons. The van der Waals surface area contributed by atoms with Gasteiger partial charge in [0.25, 0.3) is 5.91 Å². The zero-order valence-corrected chi connectivity index (χ0v) is 9.27. The summed E-state index contributed by atoms with van der Waals surface area (Å²) in [5, 5.41) is 6.69. The molecule has 2 rings (SSSR count). The fraction of sp³-hybridized carbons (Fsp3) is 0.600. The van der Waals surface area contributed by atoms with Crippen molar-refractivity contribution in [2.75, 3.05) is 26.0 Å². The standard InChI is InChI=1S/C10H16N4O2/c1-12-10(15)9-8(11)4-13-14(9)5-7-2-3-16-6-7/h4,7H,2-3,5-6,11H2,1H3,(H,12,15). The van der Waals surface area contributed by atoms with Gasteiger partial charge in [-0.25, -0.2) is 0 Å². The molecular formula is C10H16N4O2. The molecule has 6 nitrogen and oxygen atoms in total. The van der Waals surface area contributed by atoms with E-state index >= 15 is 0 Å². The molecule has 1 fully saturated rings. The number of nitrogens with two attached hydrogens (primary N) is 1. The average Bonchev–Trinajstić information content (AvgIpc) is 2.89. The van der Waals surface area contributed by atoms with Crippen LogP contribution in [0.15, 0.2) is 6.20 Å². The highest BCUT2D eigenvalue weighted by Crippen LogP contribution is 2.18. The van der Waals surface area contributed by atoms with E-state index in [-0.39, 0.29) is 5.91 Å². The Labute approximate surface area is 93.8 Å². The van der Waals surface area contributed by atoms with Gasteiger partial charge in [0, 0.05) is 26.1 Å². The van der Waals surface area contributed by atoms with E-state index in [1.54, 1.807) is 11.7 Å². The van der Waals surface area contributed by atoms with Crippen LogP contribution in [0.3, 0.4) is 0 Å². The molecule has 0 aromatic carbocycles. The monoisotopic (exact) mass is 224 g/mol. The first-order valence-corrected chi connectivity index (χ1v) is 5.33. The van der Waals surface area contributed by atoms with E-state index in [9.17, 15) is 4.79 Å². The number of carbonyl (C=O) groups is 1. The largest absolute Gasteiger partial charge is 0.396 e. The molecule has 1 aromatic heterocycles. The topological polar surface area (TPSA) is 82.2 Å². The summed E-state index contributed by atoms with van der Waals surface area (Å²) in [6, 6.07) is 0. The van der Waals surface area contributed by atoms with Gasteiger partial charge in [-0.15, -0.1) is 0 Å². The van der Waals surface area contributed by atoms with Crippen LogP contribution in [0.2, 0.25) is 0 Å². The SMILES string of the molecule is CNC(=O)c1c(N)cnn1CC1CCOC1. The van der Waals surface area contributed by atoms with E-state index in [0.717, 1.165) is 19.6 Å². The minimum Gasteiger partial charge on any atom is -0.396 e. The summed E-state index contributed by atoms with van der Waals surface area (Å²) in [6.45, 7) is 2.20. The normalized spacial score (nSPS) is 19.9. The molecule has 0 saturated carbocycles. The number of nitrogen functional groups attached to an aromatic ring is 1. The fourth-order valence-electron chi connectivity index (χ4n) is 1.88. The van der Waals surface area contributed by atoms with Crippen LogP contribution in [0.5, 0.6) is 0 Å². The molecule has 1 aliphatic rings. The number of amides is 1. The lowest BCUT2D eigenvalue weighted by atomic mass is 10.1. The number of hydrogen-bond acceptors (Lipinski definition) is 4. The number of ether oxygens (including phenoxy) is 1. The Balaban J connectivity index is 2.16. The first-order chi connectivity index (χ1) is 7.72. The van der Waals surface area contributed by atoms with Gasteiger partial charge < -0.3 is 15.8 Å². The van der Waals surface area contributed by atoms with E-state index in [1.807, 2.05) is 0 Å². The Bertz CT molecular complexity index is 382. The Hall–Kier alpha value is -1.56. The molecule has 1 amide bonds. The molecule has 0 aliphatic carbocycles.